The average molecular weight is 232 g/mol. The Bertz CT molecular complexity index is 141. The molecule has 15 heavy (non-hydrogen) atoms. The zero-order valence-corrected chi connectivity index (χ0v) is 10.9. The van der Waals surface area contributed by atoms with E-state index in [0.29, 0.717) is 5.38 Å². The van der Waals surface area contributed by atoms with E-state index in [1.807, 2.05) is 0 Å². The minimum Gasteiger partial charge on any atom is -0.303 e. The second kappa shape index (κ2) is 8.41. The van der Waals surface area contributed by atoms with Crippen LogP contribution in [-0.4, -0.2) is 29.9 Å². The summed E-state index contributed by atoms with van der Waals surface area (Å²) in [6, 6.07) is 0. The zero-order chi connectivity index (χ0) is 10.9. The van der Waals surface area contributed by atoms with E-state index in [9.17, 15) is 0 Å². The Hall–Kier alpha value is 0.250. The lowest BCUT2D eigenvalue weighted by Crippen LogP contribution is -2.34. The van der Waals surface area contributed by atoms with Crippen molar-refractivity contribution in [1.29, 1.82) is 0 Å². The standard InChI is InChI=1S/C13H26ClN/c1-2-3-4-5-6-7-10-15-11-8-13(14)9-12-15/h13H,2-12H2,1H3. The van der Waals surface area contributed by atoms with Gasteiger partial charge in [0.1, 0.15) is 0 Å². The van der Waals surface area contributed by atoms with Gasteiger partial charge >= 0.3 is 0 Å². The van der Waals surface area contributed by atoms with Gasteiger partial charge in [-0.2, -0.15) is 0 Å². The van der Waals surface area contributed by atoms with Gasteiger partial charge in [0.25, 0.3) is 0 Å². The molecule has 0 aliphatic carbocycles. The molecule has 0 atom stereocenters. The predicted octanol–water partition coefficient (Wildman–Crippen LogP) is 4.05. The molecular formula is C13H26ClN. The van der Waals surface area contributed by atoms with Crippen molar-refractivity contribution >= 4 is 11.6 Å². The summed E-state index contributed by atoms with van der Waals surface area (Å²) in [4.78, 5) is 2.58. The highest BCUT2D eigenvalue weighted by Crippen LogP contribution is 2.16. The molecule has 1 rings (SSSR count). The first kappa shape index (κ1) is 13.3. The van der Waals surface area contributed by atoms with E-state index in [1.54, 1.807) is 0 Å². The first-order chi connectivity index (χ1) is 7.33. The molecule has 1 heterocycles. The Labute approximate surface area is 100 Å². The third kappa shape index (κ3) is 6.42. The molecule has 0 unspecified atom stereocenters. The summed E-state index contributed by atoms with van der Waals surface area (Å²) in [7, 11) is 0. The van der Waals surface area contributed by atoms with Gasteiger partial charge in [-0.1, -0.05) is 39.0 Å². The topological polar surface area (TPSA) is 3.24 Å². The minimum absolute atomic E-state index is 0.450. The molecule has 0 radical (unpaired) electrons. The Morgan fingerprint density at radius 3 is 2.27 bits per heavy atom. The lowest BCUT2D eigenvalue weighted by atomic mass is 10.1. The van der Waals surface area contributed by atoms with Crippen molar-refractivity contribution in [2.24, 2.45) is 0 Å². The summed E-state index contributed by atoms with van der Waals surface area (Å²) < 4.78 is 0. The molecule has 0 aromatic carbocycles. The van der Waals surface area contributed by atoms with Crippen LogP contribution in [0.15, 0.2) is 0 Å². The maximum atomic E-state index is 6.07. The van der Waals surface area contributed by atoms with E-state index < -0.39 is 0 Å². The number of alkyl halides is 1. The summed E-state index contributed by atoms with van der Waals surface area (Å²) in [6.45, 7) is 6.03. The SMILES string of the molecule is CCCCCCCCN1CCC(Cl)CC1. The Balaban J connectivity index is 1.87. The summed E-state index contributed by atoms with van der Waals surface area (Å²) in [5.74, 6) is 0. The van der Waals surface area contributed by atoms with E-state index >= 15 is 0 Å². The van der Waals surface area contributed by atoms with Gasteiger partial charge in [-0.25, -0.2) is 0 Å². The molecule has 0 aromatic rings. The van der Waals surface area contributed by atoms with Crippen LogP contribution in [0.4, 0.5) is 0 Å². The molecule has 1 nitrogen and oxygen atoms in total. The van der Waals surface area contributed by atoms with Gasteiger partial charge in [-0.05, 0) is 38.9 Å². The van der Waals surface area contributed by atoms with Crippen LogP contribution in [0, 0.1) is 0 Å². The second-order valence-electron chi connectivity index (χ2n) is 4.78. The van der Waals surface area contributed by atoms with Crippen LogP contribution in [0.2, 0.25) is 0 Å². The maximum absolute atomic E-state index is 6.07. The van der Waals surface area contributed by atoms with Crippen molar-refractivity contribution in [3.05, 3.63) is 0 Å². The van der Waals surface area contributed by atoms with Crippen molar-refractivity contribution in [3.63, 3.8) is 0 Å². The second-order valence-corrected chi connectivity index (χ2v) is 5.40. The van der Waals surface area contributed by atoms with Gasteiger partial charge in [0.05, 0.1) is 0 Å². The number of hydrogen-bond acceptors (Lipinski definition) is 1. The number of unbranched alkanes of at least 4 members (excludes halogenated alkanes) is 5. The molecule has 1 fully saturated rings. The van der Waals surface area contributed by atoms with Crippen LogP contribution in [0.5, 0.6) is 0 Å². The van der Waals surface area contributed by atoms with E-state index in [0.717, 1.165) is 0 Å². The highest BCUT2D eigenvalue weighted by molar-refractivity contribution is 6.20. The quantitative estimate of drug-likeness (QED) is 0.472. The fourth-order valence-electron chi connectivity index (χ4n) is 2.24. The number of halogens is 1. The number of rotatable bonds is 7. The van der Waals surface area contributed by atoms with E-state index in [-0.39, 0.29) is 0 Å². The normalized spacial score (nSPS) is 19.6. The molecular weight excluding hydrogens is 206 g/mol. The summed E-state index contributed by atoms with van der Waals surface area (Å²) in [5.41, 5.74) is 0. The first-order valence-electron chi connectivity index (χ1n) is 6.69. The molecule has 0 saturated carbocycles. The van der Waals surface area contributed by atoms with Crippen LogP contribution in [0.25, 0.3) is 0 Å². The minimum atomic E-state index is 0.450. The van der Waals surface area contributed by atoms with Gasteiger partial charge in [0.2, 0.25) is 0 Å². The van der Waals surface area contributed by atoms with Crippen molar-refractivity contribution in [3.8, 4) is 0 Å². The van der Waals surface area contributed by atoms with E-state index in [4.69, 9.17) is 11.6 Å². The number of piperidine rings is 1. The third-order valence-corrected chi connectivity index (χ3v) is 3.78. The maximum Gasteiger partial charge on any atom is 0.0360 e. The van der Waals surface area contributed by atoms with E-state index in [2.05, 4.69) is 11.8 Å². The smallest absolute Gasteiger partial charge is 0.0360 e. The molecule has 1 aliphatic heterocycles. The molecule has 1 aliphatic rings. The highest BCUT2D eigenvalue weighted by atomic mass is 35.5. The highest BCUT2D eigenvalue weighted by Gasteiger charge is 2.15. The van der Waals surface area contributed by atoms with Crippen molar-refractivity contribution in [2.45, 2.75) is 63.7 Å². The first-order valence-corrected chi connectivity index (χ1v) is 7.13. The van der Waals surface area contributed by atoms with Gasteiger partial charge in [0, 0.05) is 5.38 Å². The van der Waals surface area contributed by atoms with Crippen molar-refractivity contribution in [1.82, 2.24) is 4.90 Å². The molecule has 0 amide bonds. The van der Waals surface area contributed by atoms with Crippen LogP contribution in [-0.2, 0) is 0 Å². The fourth-order valence-corrected chi connectivity index (χ4v) is 2.44. The van der Waals surface area contributed by atoms with Crippen molar-refractivity contribution < 1.29 is 0 Å². The lowest BCUT2D eigenvalue weighted by molar-refractivity contribution is 0.226. The average Bonchev–Trinajstić information content (AvgIpc) is 2.26. The number of likely N-dealkylation sites (tertiary alicyclic amines) is 1. The molecule has 0 bridgehead atoms. The van der Waals surface area contributed by atoms with Gasteiger partial charge in [0.15, 0.2) is 0 Å². The third-order valence-electron chi connectivity index (χ3n) is 3.35. The van der Waals surface area contributed by atoms with Gasteiger partial charge in [-0.3, -0.25) is 0 Å². The summed E-state index contributed by atoms with van der Waals surface area (Å²) >= 11 is 6.07. The van der Waals surface area contributed by atoms with Crippen LogP contribution >= 0.6 is 11.6 Å². The largest absolute Gasteiger partial charge is 0.303 e. The van der Waals surface area contributed by atoms with Gasteiger partial charge < -0.3 is 4.90 Å². The van der Waals surface area contributed by atoms with Crippen LogP contribution in [0.1, 0.15) is 58.3 Å². The molecule has 0 spiro atoms. The Kier molecular flexibility index (Phi) is 7.46. The molecule has 90 valence electrons. The molecule has 1 saturated heterocycles. The predicted molar refractivity (Wildman–Crippen MR) is 68.7 cm³/mol. The molecule has 0 N–H and O–H groups in total. The lowest BCUT2D eigenvalue weighted by Gasteiger charge is -2.29. The molecule has 2 heteroatoms. The van der Waals surface area contributed by atoms with Crippen LogP contribution < -0.4 is 0 Å². The van der Waals surface area contributed by atoms with Crippen molar-refractivity contribution in [2.75, 3.05) is 19.6 Å². The Morgan fingerprint density at radius 1 is 1.00 bits per heavy atom. The van der Waals surface area contributed by atoms with Gasteiger partial charge in [-0.15, -0.1) is 11.6 Å². The monoisotopic (exact) mass is 231 g/mol. The zero-order valence-electron chi connectivity index (χ0n) is 10.2. The summed E-state index contributed by atoms with van der Waals surface area (Å²) in [6.07, 6.45) is 10.8. The summed E-state index contributed by atoms with van der Waals surface area (Å²) in [5, 5.41) is 0.450. The molecule has 0 aromatic heterocycles. The number of nitrogens with zero attached hydrogens (tertiary/aromatic N) is 1. The van der Waals surface area contributed by atoms with Crippen LogP contribution in [0.3, 0.4) is 0 Å². The van der Waals surface area contributed by atoms with E-state index in [1.165, 1.54) is 71.0 Å². The number of hydrogen-bond donors (Lipinski definition) is 0. The fraction of sp³-hybridized carbons (Fsp3) is 1.00. The Morgan fingerprint density at radius 2 is 1.60 bits per heavy atom.